The van der Waals surface area contributed by atoms with Gasteiger partial charge in [-0.3, -0.25) is 4.79 Å². The summed E-state index contributed by atoms with van der Waals surface area (Å²) in [4.78, 5) is 12.6. The lowest BCUT2D eigenvalue weighted by atomic mass is 10.0. The van der Waals surface area contributed by atoms with Crippen LogP contribution in [0.2, 0.25) is 5.02 Å². The van der Waals surface area contributed by atoms with Gasteiger partial charge in [-0.15, -0.1) is 11.3 Å². The van der Waals surface area contributed by atoms with E-state index in [0.29, 0.717) is 9.90 Å². The molecular formula is C12H10ClNOS. The summed E-state index contributed by atoms with van der Waals surface area (Å²) in [6.07, 6.45) is 0. The number of benzene rings is 1. The lowest BCUT2D eigenvalue weighted by Crippen LogP contribution is -2.20. The predicted octanol–water partition coefficient (Wildman–Crippen LogP) is 3.28. The Bertz CT molecular complexity index is 495. The summed E-state index contributed by atoms with van der Waals surface area (Å²) in [6.45, 7) is 0. The van der Waals surface area contributed by atoms with Crippen LogP contribution in [0.3, 0.4) is 0 Å². The maximum atomic E-state index is 12.0. The number of halogens is 1. The minimum atomic E-state index is -0.641. The van der Waals surface area contributed by atoms with Crippen molar-refractivity contribution in [3.8, 4) is 0 Å². The van der Waals surface area contributed by atoms with E-state index in [-0.39, 0.29) is 5.78 Å². The molecule has 1 atom stereocenters. The van der Waals surface area contributed by atoms with Crippen LogP contribution in [0.5, 0.6) is 0 Å². The number of carbonyl (C=O) groups excluding carboxylic acids is 1. The molecule has 0 aliphatic rings. The fraction of sp³-hybridized carbons (Fsp3) is 0.0833. The standard InChI is InChI=1S/C12H10ClNOS/c13-9-6-7-16-12(9)11(15)10(14)8-4-2-1-3-5-8/h1-7,10H,14H2. The number of hydrogen-bond acceptors (Lipinski definition) is 3. The number of Topliss-reactive ketones (excluding diaryl/α,β-unsaturated/α-hetero) is 1. The minimum Gasteiger partial charge on any atom is -0.317 e. The predicted molar refractivity (Wildman–Crippen MR) is 67.0 cm³/mol. The van der Waals surface area contributed by atoms with Gasteiger partial charge in [0, 0.05) is 0 Å². The van der Waals surface area contributed by atoms with Crippen molar-refractivity contribution < 1.29 is 4.79 Å². The van der Waals surface area contributed by atoms with Gasteiger partial charge in [-0.25, -0.2) is 0 Å². The molecule has 1 aromatic carbocycles. The molecule has 0 amide bonds. The van der Waals surface area contributed by atoms with Crippen molar-refractivity contribution in [2.75, 3.05) is 0 Å². The maximum absolute atomic E-state index is 12.0. The molecule has 1 unspecified atom stereocenters. The third-order valence-electron chi connectivity index (χ3n) is 2.28. The SMILES string of the molecule is NC(C(=O)c1sccc1Cl)c1ccccc1. The van der Waals surface area contributed by atoms with Crippen molar-refractivity contribution in [1.82, 2.24) is 0 Å². The zero-order chi connectivity index (χ0) is 11.5. The zero-order valence-electron chi connectivity index (χ0n) is 8.39. The van der Waals surface area contributed by atoms with E-state index >= 15 is 0 Å². The Morgan fingerprint density at radius 1 is 1.25 bits per heavy atom. The van der Waals surface area contributed by atoms with Gasteiger partial charge in [0.25, 0.3) is 0 Å². The molecule has 2 aromatic rings. The van der Waals surface area contributed by atoms with E-state index in [1.807, 2.05) is 30.3 Å². The van der Waals surface area contributed by atoms with Crippen molar-refractivity contribution in [2.45, 2.75) is 6.04 Å². The van der Waals surface area contributed by atoms with Crippen LogP contribution in [0.1, 0.15) is 21.3 Å². The highest BCUT2D eigenvalue weighted by Crippen LogP contribution is 2.26. The van der Waals surface area contributed by atoms with Crippen molar-refractivity contribution in [3.05, 3.63) is 57.2 Å². The highest BCUT2D eigenvalue weighted by molar-refractivity contribution is 7.12. The van der Waals surface area contributed by atoms with E-state index in [0.717, 1.165) is 5.56 Å². The first-order chi connectivity index (χ1) is 7.70. The molecule has 0 aliphatic carbocycles. The van der Waals surface area contributed by atoms with Crippen LogP contribution in [0.4, 0.5) is 0 Å². The number of nitrogens with two attached hydrogens (primary N) is 1. The topological polar surface area (TPSA) is 43.1 Å². The number of hydrogen-bond donors (Lipinski definition) is 1. The second kappa shape index (κ2) is 4.78. The average molecular weight is 252 g/mol. The molecule has 0 spiro atoms. The molecule has 1 aromatic heterocycles. The van der Waals surface area contributed by atoms with Gasteiger partial charge in [-0.05, 0) is 17.0 Å². The molecule has 2 nitrogen and oxygen atoms in total. The number of thiophene rings is 1. The van der Waals surface area contributed by atoms with E-state index in [4.69, 9.17) is 17.3 Å². The van der Waals surface area contributed by atoms with Crippen molar-refractivity contribution >= 4 is 28.7 Å². The Kier molecular flexibility index (Phi) is 3.39. The van der Waals surface area contributed by atoms with E-state index in [1.54, 1.807) is 11.4 Å². The molecule has 0 fully saturated rings. The van der Waals surface area contributed by atoms with Crippen molar-refractivity contribution in [1.29, 1.82) is 0 Å². The molecule has 0 saturated heterocycles. The summed E-state index contributed by atoms with van der Waals surface area (Å²) in [6, 6.07) is 10.3. The van der Waals surface area contributed by atoms with Crippen LogP contribution >= 0.6 is 22.9 Å². The van der Waals surface area contributed by atoms with Crippen molar-refractivity contribution in [2.24, 2.45) is 5.73 Å². The lowest BCUT2D eigenvalue weighted by Gasteiger charge is -2.09. The van der Waals surface area contributed by atoms with Gasteiger partial charge in [0.05, 0.1) is 15.9 Å². The summed E-state index contributed by atoms with van der Waals surface area (Å²) in [5.41, 5.74) is 6.70. The normalized spacial score (nSPS) is 12.4. The smallest absolute Gasteiger partial charge is 0.195 e. The monoisotopic (exact) mass is 251 g/mol. The van der Waals surface area contributed by atoms with E-state index in [1.165, 1.54) is 11.3 Å². The van der Waals surface area contributed by atoms with E-state index < -0.39 is 6.04 Å². The molecule has 0 saturated carbocycles. The Labute approximate surface area is 103 Å². The highest BCUT2D eigenvalue weighted by atomic mass is 35.5. The first-order valence-electron chi connectivity index (χ1n) is 4.78. The molecule has 1 heterocycles. The fourth-order valence-electron chi connectivity index (χ4n) is 1.42. The lowest BCUT2D eigenvalue weighted by molar-refractivity contribution is 0.0965. The summed E-state index contributed by atoms with van der Waals surface area (Å²) < 4.78 is 0. The second-order valence-electron chi connectivity index (χ2n) is 3.35. The quantitative estimate of drug-likeness (QED) is 0.851. The number of rotatable bonds is 3. The third-order valence-corrected chi connectivity index (χ3v) is 3.64. The Balaban J connectivity index is 2.27. The maximum Gasteiger partial charge on any atom is 0.195 e. The van der Waals surface area contributed by atoms with Gasteiger partial charge in [-0.1, -0.05) is 41.9 Å². The molecule has 16 heavy (non-hydrogen) atoms. The molecule has 0 bridgehead atoms. The van der Waals surface area contributed by atoms with Gasteiger partial charge in [0.2, 0.25) is 0 Å². The number of ketones is 1. The largest absolute Gasteiger partial charge is 0.317 e. The van der Waals surface area contributed by atoms with Crippen molar-refractivity contribution in [3.63, 3.8) is 0 Å². The van der Waals surface area contributed by atoms with Crippen LogP contribution < -0.4 is 5.73 Å². The first kappa shape index (κ1) is 11.3. The van der Waals surface area contributed by atoms with Crippen LogP contribution in [0, 0.1) is 0 Å². The highest BCUT2D eigenvalue weighted by Gasteiger charge is 2.20. The summed E-state index contributed by atoms with van der Waals surface area (Å²) in [5, 5.41) is 2.26. The Hall–Kier alpha value is -1.16. The molecule has 0 aliphatic heterocycles. The second-order valence-corrected chi connectivity index (χ2v) is 4.67. The Morgan fingerprint density at radius 2 is 1.94 bits per heavy atom. The molecular weight excluding hydrogens is 242 g/mol. The summed E-state index contributed by atoms with van der Waals surface area (Å²) in [7, 11) is 0. The summed E-state index contributed by atoms with van der Waals surface area (Å²) in [5.74, 6) is -0.133. The molecule has 82 valence electrons. The first-order valence-corrected chi connectivity index (χ1v) is 6.03. The van der Waals surface area contributed by atoms with Gasteiger partial charge in [0.1, 0.15) is 0 Å². The average Bonchev–Trinajstić information content (AvgIpc) is 2.75. The molecule has 0 radical (unpaired) electrons. The van der Waals surface area contributed by atoms with Gasteiger partial charge >= 0.3 is 0 Å². The minimum absolute atomic E-state index is 0.133. The molecule has 2 N–H and O–H groups in total. The van der Waals surface area contributed by atoms with E-state index in [2.05, 4.69) is 0 Å². The van der Waals surface area contributed by atoms with Gasteiger partial charge < -0.3 is 5.73 Å². The van der Waals surface area contributed by atoms with Crippen LogP contribution in [0.15, 0.2) is 41.8 Å². The third kappa shape index (κ3) is 2.16. The molecule has 2 rings (SSSR count). The van der Waals surface area contributed by atoms with Crippen LogP contribution in [-0.4, -0.2) is 5.78 Å². The zero-order valence-corrected chi connectivity index (χ0v) is 9.96. The fourth-order valence-corrected chi connectivity index (χ4v) is 2.55. The number of carbonyl (C=O) groups is 1. The van der Waals surface area contributed by atoms with Crippen LogP contribution in [-0.2, 0) is 0 Å². The summed E-state index contributed by atoms with van der Waals surface area (Å²) >= 11 is 7.22. The van der Waals surface area contributed by atoms with E-state index in [9.17, 15) is 4.79 Å². The van der Waals surface area contributed by atoms with Gasteiger partial charge in [-0.2, -0.15) is 0 Å². The Morgan fingerprint density at radius 3 is 2.50 bits per heavy atom. The van der Waals surface area contributed by atoms with Crippen LogP contribution in [0.25, 0.3) is 0 Å². The van der Waals surface area contributed by atoms with Gasteiger partial charge in [0.15, 0.2) is 5.78 Å². The molecule has 4 heteroatoms.